The summed E-state index contributed by atoms with van der Waals surface area (Å²) >= 11 is 0. The number of carbonyl (C=O) groups excluding carboxylic acids is 1. The lowest BCUT2D eigenvalue weighted by atomic mass is 9.97. The summed E-state index contributed by atoms with van der Waals surface area (Å²) < 4.78 is 42.4. The highest BCUT2D eigenvalue weighted by molar-refractivity contribution is 5.93. The average Bonchev–Trinajstić information content (AvgIpc) is 3.38. The summed E-state index contributed by atoms with van der Waals surface area (Å²) in [6.07, 6.45) is -2.44. The van der Waals surface area contributed by atoms with Crippen molar-refractivity contribution < 1.29 is 18.0 Å². The second-order valence-corrected chi connectivity index (χ2v) is 8.34. The first kappa shape index (κ1) is 19.4. The molecule has 160 valence electrons. The van der Waals surface area contributed by atoms with Crippen LogP contribution < -0.4 is 5.32 Å². The molecule has 1 N–H and O–H groups in total. The highest BCUT2D eigenvalue weighted by Crippen LogP contribution is 2.43. The zero-order valence-corrected chi connectivity index (χ0v) is 16.5. The van der Waals surface area contributed by atoms with E-state index in [-0.39, 0.29) is 23.8 Å². The summed E-state index contributed by atoms with van der Waals surface area (Å²) in [6.45, 7) is 3.07. The molecule has 3 atom stereocenters. The van der Waals surface area contributed by atoms with Crippen LogP contribution in [0.2, 0.25) is 0 Å². The van der Waals surface area contributed by atoms with Gasteiger partial charge in [-0.3, -0.25) is 9.69 Å². The Morgan fingerprint density at radius 3 is 2.70 bits per heavy atom. The second-order valence-electron chi connectivity index (χ2n) is 8.34. The van der Waals surface area contributed by atoms with Crippen LogP contribution in [0.5, 0.6) is 0 Å². The second kappa shape index (κ2) is 7.30. The van der Waals surface area contributed by atoms with Gasteiger partial charge in [-0.15, -0.1) is 0 Å². The maximum absolute atomic E-state index is 13.8. The molecule has 3 unspecified atom stereocenters. The van der Waals surface area contributed by atoms with Gasteiger partial charge in [0.25, 0.3) is 5.91 Å². The number of aromatic nitrogens is 2. The molecular weight excluding hydrogens is 395 g/mol. The van der Waals surface area contributed by atoms with Crippen molar-refractivity contribution >= 4 is 11.7 Å². The van der Waals surface area contributed by atoms with Gasteiger partial charge in [0.05, 0.1) is 6.04 Å². The van der Waals surface area contributed by atoms with E-state index in [1.807, 2.05) is 30.3 Å². The van der Waals surface area contributed by atoms with E-state index in [9.17, 15) is 18.0 Å². The van der Waals surface area contributed by atoms with Crippen molar-refractivity contribution in [3.63, 3.8) is 0 Å². The maximum atomic E-state index is 13.8. The van der Waals surface area contributed by atoms with E-state index in [0.29, 0.717) is 19.1 Å². The number of amides is 1. The minimum Gasteiger partial charge on any atom is -0.363 e. The summed E-state index contributed by atoms with van der Waals surface area (Å²) in [6, 6.07) is 8.62. The number of alkyl halides is 3. The van der Waals surface area contributed by atoms with E-state index >= 15 is 0 Å². The van der Waals surface area contributed by atoms with Crippen LogP contribution in [0.1, 0.15) is 47.4 Å². The molecule has 0 bridgehead atoms. The number of piperazine rings is 1. The van der Waals surface area contributed by atoms with Crippen molar-refractivity contribution in [3.8, 4) is 0 Å². The van der Waals surface area contributed by atoms with Crippen molar-refractivity contribution in [2.75, 3.05) is 31.5 Å². The highest BCUT2D eigenvalue weighted by Gasteiger charge is 2.47. The van der Waals surface area contributed by atoms with Crippen LogP contribution in [0.3, 0.4) is 0 Å². The van der Waals surface area contributed by atoms with Gasteiger partial charge in [-0.25, -0.2) is 4.68 Å². The molecule has 2 aromatic rings. The van der Waals surface area contributed by atoms with Crippen LogP contribution in [0.25, 0.3) is 0 Å². The zero-order valence-electron chi connectivity index (χ0n) is 16.5. The molecule has 5 rings (SSSR count). The minimum absolute atomic E-state index is 0.0758. The van der Waals surface area contributed by atoms with E-state index in [4.69, 9.17) is 0 Å². The molecule has 0 radical (unpaired) electrons. The fourth-order valence-corrected chi connectivity index (χ4v) is 4.92. The number of carbonyl (C=O) groups is 1. The Balaban J connectivity index is 1.42. The number of fused-ring (bicyclic) bond motifs is 2. The van der Waals surface area contributed by atoms with Crippen molar-refractivity contribution in [1.82, 2.24) is 19.6 Å². The van der Waals surface area contributed by atoms with Gasteiger partial charge in [0, 0.05) is 38.2 Å². The molecule has 6 nitrogen and oxygen atoms in total. The van der Waals surface area contributed by atoms with E-state index in [0.717, 1.165) is 36.2 Å². The fraction of sp³-hybridized carbons (Fsp3) is 0.524. The van der Waals surface area contributed by atoms with Crippen LogP contribution in [0.4, 0.5) is 19.0 Å². The Kier molecular flexibility index (Phi) is 4.72. The Bertz CT molecular complexity index is 928. The Hall–Kier alpha value is -2.55. The third-order valence-corrected chi connectivity index (χ3v) is 6.49. The number of halogens is 3. The molecule has 4 heterocycles. The Morgan fingerprint density at radius 2 is 1.93 bits per heavy atom. The third-order valence-electron chi connectivity index (χ3n) is 6.49. The predicted octanol–water partition coefficient (Wildman–Crippen LogP) is 3.46. The van der Waals surface area contributed by atoms with E-state index < -0.39 is 18.3 Å². The molecule has 2 saturated heterocycles. The van der Waals surface area contributed by atoms with Gasteiger partial charge in [-0.1, -0.05) is 30.3 Å². The van der Waals surface area contributed by atoms with E-state index in [1.165, 1.54) is 6.07 Å². The number of nitrogens with one attached hydrogen (secondary N) is 1. The van der Waals surface area contributed by atoms with Gasteiger partial charge in [-0.05, 0) is 24.9 Å². The summed E-state index contributed by atoms with van der Waals surface area (Å²) in [7, 11) is 0. The number of anilines is 1. The molecule has 3 aliphatic heterocycles. The van der Waals surface area contributed by atoms with Crippen LogP contribution in [0.15, 0.2) is 36.4 Å². The van der Waals surface area contributed by atoms with Gasteiger partial charge in [-0.2, -0.15) is 18.3 Å². The van der Waals surface area contributed by atoms with E-state index in [2.05, 4.69) is 15.3 Å². The van der Waals surface area contributed by atoms with Crippen LogP contribution in [-0.4, -0.2) is 63.9 Å². The molecule has 1 aromatic heterocycles. The number of nitrogens with zero attached hydrogens (tertiary/aromatic N) is 4. The van der Waals surface area contributed by atoms with Crippen LogP contribution in [0, 0.1) is 0 Å². The van der Waals surface area contributed by atoms with Gasteiger partial charge < -0.3 is 10.2 Å². The predicted molar refractivity (Wildman–Crippen MR) is 105 cm³/mol. The summed E-state index contributed by atoms with van der Waals surface area (Å²) in [4.78, 5) is 17.2. The Morgan fingerprint density at radius 1 is 1.13 bits per heavy atom. The molecule has 30 heavy (non-hydrogen) atoms. The lowest BCUT2D eigenvalue weighted by molar-refractivity contribution is -0.173. The highest BCUT2D eigenvalue weighted by atomic mass is 19.4. The van der Waals surface area contributed by atoms with Crippen LogP contribution in [-0.2, 0) is 0 Å². The van der Waals surface area contributed by atoms with Crippen molar-refractivity contribution in [2.24, 2.45) is 0 Å². The number of hydrogen-bond acceptors (Lipinski definition) is 4. The molecule has 0 aliphatic carbocycles. The average molecular weight is 419 g/mol. The molecule has 1 amide bonds. The monoisotopic (exact) mass is 419 g/mol. The fourth-order valence-electron chi connectivity index (χ4n) is 4.92. The first-order valence-corrected chi connectivity index (χ1v) is 10.4. The number of hydrogen-bond donors (Lipinski definition) is 1. The first-order chi connectivity index (χ1) is 14.4. The third kappa shape index (κ3) is 3.45. The molecule has 2 fully saturated rings. The van der Waals surface area contributed by atoms with Crippen molar-refractivity contribution in [3.05, 3.63) is 47.7 Å². The van der Waals surface area contributed by atoms with Gasteiger partial charge in [0.15, 0.2) is 11.7 Å². The quantitative estimate of drug-likeness (QED) is 0.810. The number of rotatable bonds is 2. The zero-order chi connectivity index (χ0) is 20.9. The summed E-state index contributed by atoms with van der Waals surface area (Å²) in [5.41, 5.74) is 0.858. The normalized spacial score (nSPS) is 26.8. The molecule has 0 saturated carbocycles. The summed E-state index contributed by atoms with van der Waals surface area (Å²) in [5, 5.41) is 7.27. The minimum atomic E-state index is -4.45. The number of benzene rings is 1. The Labute approximate surface area is 172 Å². The summed E-state index contributed by atoms with van der Waals surface area (Å²) in [5.74, 6) is -0.0530. The van der Waals surface area contributed by atoms with Gasteiger partial charge >= 0.3 is 6.18 Å². The van der Waals surface area contributed by atoms with Crippen molar-refractivity contribution in [1.29, 1.82) is 0 Å². The first-order valence-electron chi connectivity index (χ1n) is 10.4. The topological polar surface area (TPSA) is 53.4 Å². The van der Waals surface area contributed by atoms with Gasteiger partial charge in [0.1, 0.15) is 5.82 Å². The molecule has 0 spiro atoms. The SMILES string of the molecule is O=C(c1cc2n(n1)C(C(F)(F)F)CC(c1ccccc1)N2)N1CCN2CCCC2C1. The lowest BCUT2D eigenvalue weighted by Crippen LogP contribution is -2.52. The molecule has 1 aromatic carbocycles. The molecular formula is C21H24F3N5O. The largest absolute Gasteiger partial charge is 0.410 e. The van der Waals surface area contributed by atoms with Crippen molar-refractivity contribution in [2.45, 2.75) is 43.6 Å². The van der Waals surface area contributed by atoms with Gasteiger partial charge in [0.2, 0.25) is 0 Å². The van der Waals surface area contributed by atoms with Crippen LogP contribution >= 0.6 is 0 Å². The lowest BCUT2D eigenvalue weighted by Gasteiger charge is -2.37. The standard InChI is InChI=1S/C21H24F3N5O/c22-21(23,24)18-11-16(14-5-2-1-3-6-14)25-19-12-17(26-29(18)19)20(30)28-10-9-27-8-4-7-15(27)13-28/h1-3,5-6,12,15-16,18,25H,4,7-11,13H2. The smallest absolute Gasteiger partial charge is 0.363 e. The van der Waals surface area contributed by atoms with E-state index in [1.54, 1.807) is 4.90 Å². The molecule has 9 heteroatoms. The maximum Gasteiger partial charge on any atom is 0.410 e. The molecule has 3 aliphatic rings.